The third-order valence-electron chi connectivity index (χ3n) is 13.3. The van der Waals surface area contributed by atoms with Crippen LogP contribution in [0, 0.1) is 6.57 Å². The highest BCUT2D eigenvalue weighted by atomic mass is 79.9. The predicted molar refractivity (Wildman–Crippen MR) is 230 cm³/mol. The highest BCUT2D eigenvalue weighted by molar-refractivity contribution is 9.10. The Hall–Kier alpha value is -5.67. The van der Waals surface area contributed by atoms with Crippen molar-refractivity contribution in [2.45, 2.75) is 113 Å². The van der Waals surface area contributed by atoms with Crippen LogP contribution in [-0.4, -0.2) is 56.8 Å². The Morgan fingerprint density at radius 3 is 1.41 bits per heavy atom. The zero-order valence-corrected chi connectivity index (χ0v) is 35.4. The van der Waals surface area contributed by atoms with E-state index < -0.39 is 22.3 Å². The molecule has 12 heteroatoms. The summed E-state index contributed by atoms with van der Waals surface area (Å²) in [5, 5.41) is 0. The third-order valence-corrected chi connectivity index (χ3v) is 13.8. The summed E-state index contributed by atoms with van der Waals surface area (Å²) in [7, 11) is 0. The van der Waals surface area contributed by atoms with E-state index in [0.29, 0.717) is 42.7 Å². The second-order valence-corrected chi connectivity index (χ2v) is 18.0. The summed E-state index contributed by atoms with van der Waals surface area (Å²) in [5.74, 6) is 1.64. The molecule has 0 saturated heterocycles. The van der Waals surface area contributed by atoms with Gasteiger partial charge in [-0.05, 0) is 132 Å². The van der Waals surface area contributed by atoms with Crippen LogP contribution in [0.4, 0.5) is 5.69 Å². The van der Waals surface area contributed by atoms with E-state index in [4.69, 9.17) is 37.5 Å². The largest absolute Gasteiger partial charge is 0.483 e. The SMILES string of the molecule is CC(C)N1C(=O)C2(N=C1N)c1cc(Br)ccc1OC21CCc2ccccc2CC1.[C-]#[N+]c1ccc2c(c1)C1(N=C(N)N(C(C)C)C1=O)C1(CCc3ccccc3CC1)O2. The van der Waals surface area contributed by atoms with Crippen molar-refractivity contribution in [3.05, 3.63) is 134 Å². The number of halogens is 1. The van der Waals surface area contributed by atoms with E-state index in [1.54, 1.807) is 28.0 Å². The van der Waals surface area contributed by atoms with Gasteiger partial charge in [-0.25, -0.2) is 14.8 Å². The fourth-order valence-corrected chi connectivity index (χ4v) is 10.9. The topological polar surface area (TPSA) is 140 Å². The zero-order chi connectivity index (χ0) is 41.5. The second-order valence-electron chi connectivity index (χ2n) is 17.1. The van der Waals surface area contributed by atoms with Crippen molar-refractivity contribution in [1.82, 2.24) is 9.80 Å². The Bertz CT molecular complexity index is 2470. The Balaban J connectivity index is 0.000000152. The lowest BCUT2D eigenvalue weighted by Gasteiger charge is -2.39. The van der Waals surface area contributed by atoms with E-state index in [2.05, 4.69) is 69.3 Å². The first-order chi connectivity index (χ1) is 28.3. The molecule has 11 nitrogen and oxygen atoms in total. The van der Waals surface area contributed by atoms with E-state index >= 15 is 0 Å². The maximum atomic E-state index is 14.0. The highest BCUT2D eigenvalue weighted by Crippen LogP contribution is 2.60. The maximum Gasteiger partial charge on any atom is 0.266 e. The molecular formula is C47H48BrN7O4. The van der Waals surface area contributed by atoms with Gasteiger partial charge >= 0.3 is 0 Å². The van der Waals surface area contributed by atoms with Gasteiger partial charge in [0.05, 0.1) is 6.57 Å². The number of guanidine groups is 2. The number of carbonyl (C=O) groups excluding carboxylic acids is 2. The quantitative estimate of drug-likeness (QED) is 0.199. The van der Waals surface area contributed by atoms with Gasteiger partial charge in [0, 0.05) is 27.7 Å². The molecule has 0 saturated carbocycles. The van der Waals surface area contributed by atoms with Gasteiger partial charge in [-0.2, -0.15) is 0 Å². The van der Waals surface area contributed by atoms with Crippen molar-refractivity contribution in [3.8, 4) is 11.5 Å². The maximum absolute atomic E-state index is 14.0. The summed E-state index contributed by atoms with van der Waals surface area (Å²) in [6.45, 7) is 15.2. The fourth-order valence-electron chi connectivity index (χ4n) is 10.6. The van der Waals surface area contributed by atoms with Gasteiger partial charge in [0.1, 0.15) is 22.7 Å². The van der Waals surface area contributed by atoms with Crippen LogP contribution in [0.15, 0.2) is 99.4 Å². The van der Waals surface area contributed by atoms with Gasteiger partial charge in [-0.3, -0.25) is 19.4 Å². The van der Waals surface area contributed by atoms with Crippen molar-refractivity contribution in [1.29, 1.82) is 0 Å². The van der Waals surface area contributed by atoms with Crippen molar-refractivity contribution in [2.75, 3.05) is 0 Å². The van der Waals surface area contributed by atoms with E-state index in [0.717, 1.165) is 41.5 Å². The van der Waals surface area contributed by atoms with Gasteiger partial charge in [-0.1, -0.05) is 70.5 Å². The molecule has 2 aliphatic carbocycles. The average Bonchev–Trinajstić information content (AvgIpc) is 3.73. The number of amides is 2. The van der Waals surface area contributed by atoms with Crippen molar-refractivity contribution >= 4 is 45.4 Å². The first kappa shape index (κ1) is 38.8. The van der Waals surface area contributed by atoms with Crippen molar-refractivity contribution in [2.24, 2.45) is 21.5 Å². The van der Waals surface area contributed by atoms with Gasteiger partial charge in [0.2, 0.25) is 11.1 Å². The average molecular weight is 855 g/mol. The lowest BCUT2D eigenvalue weighted by molar-refractivity contribution is -0.141. The van der Waals surface area contributed by atoms with Crippen LogP contribution < -0.4 is 20.9 Å². The lowest BCUT2D eigenvalue weighted by atomic mass is 9.71. The molecule has 2 unspecified atom stereocenters. The molecule has 0 aromatic heterocycles. The number of aryl methyl sites for hydroxylation is 4. The molecule has 4 aromatic carbocycles. The lowest BCUT2D eigenvalue weighted by Crippen LogP contribution is -2.57. The van der Waals surface area contributed by atoms with Crippen LogP contribution >= 0.6 is 15.9 Å². The molecule has 4 heterocycles. The van der Waals surface area contributed by atoms with Crippen molar-refractivity contribution < 1.29 is 19.1 Å². The zero-order valence-electron chi connectivity index (χ0n) is 33.8. The number of benzene rings is 4. The standard InChI is InChI=1S/C24H24N4O2.C23H24BrN3O2/c1-15(2)28-21(29)24(27-22(28)25)19-14-18(26-3)8-9-20(19)30-23(24)12-10-16-6-4-5-7-17(16)11-13-23;1-14(2)27-20(28)23(26-21(27)25)18-13-17(24)7-8-19(18)29-22(23)11-9-15-5-3-4-6-16(15)10-12-22/h4-9,14-15H,10-13H2,1-2H3,(H2,25,27);3-8,13-14H,9-12H2,1-2H3,(H2,25,26). The van der Waals surface area contributed by atoms with Crippen LogP contribution in [0.2, 0.25) is 0 Å². The Kier molecular flexibility index (Phi) is 9.20. The summed E-state index contributed by atoms with van der Waals surface area (Å²) >= 11 is 3.57. The fraction of sp³-hybridized carbons (Fsp3) is 0.383. The van der Waals surface area contributed by atoms with Crippen LogP contribution in [0.3, 0.4) is 0 Å². The minimum Gasteiger partial charge on any atom is -0.483 e. The molecule has 0 fully saturated rings. The van der Waals surface area contributed by atoms with Gasteiger partial charge in [0.25, 0.3) is 11.8 Å². The number of nitrogens with zero attached hydrogens (tertiary/aromatic N) is 5. The normalized spacial score (nSPS) is 24.1. The van der Waals surface area contributed by atoms with Crippen LogP contribution in [0.1, 0.15) is 86.8 Å². The van der Waals surface area contributed by atoms with Gasteiger partial charge < -0.3 is 20.9 Å². The second kappa shape index (κ2) is 14.0. The number of ether oxygens (including phenoxy) is 2. The van der Waals surface area contributed by atoms with Crippen molar-refractivity contribution in [3.63, 3.8) is 0 Å². The molecule has 2 atom stereocenters. The number of rotatable bonds is 2. The van der Waals surface area contributed by atoms with E-state index in [-0.39, 0.29) is 35.8 Å². The summed E-state index contributed by atoms with van der Waals surface area (Å²) in [4.78, 5) is 44.4. The van der Waals surface area contributed by atoms with E-state index in [1.165, 1.54) is 22.3 Å². The molecule has 4 spiro atoms. The van der Waals surface area contributed by atoms with Gasteiger partial charge in [-0.15, -0.1) is 0 Å². The molecular weight excluding hydrogens is 806 g/mol. The molecule has 2 amide bonds. The molecule has 10 rings (SSSR count). The number of fused-ring (bicyclic) bond motifs is 8. The Morgan fingerprint density at radius 2 is 1.03 bits per heavy atom. The third kappa shape index (κ3) is 5.57. The number of carbonyl (C=O) groups is 2. The minimum absolute atomic E-state index is 0.0677. The summed E-state index contributed by atoms with van der Waals surface area (Å²) < 4.78 is 14.2. The highest BCUT2D eigenvalue weighted by Gasteiger charge is 2.70. The molecule has 4 aliphatic heterocycles. The van der Waals surface area contributed by atoms with E-state index in [1.807, 2.05) is 45.9 Å². The Labute approximate surface area is 353 Å². The van der Waals surface area contributed by atoms with Crippen LogP contribution in [0.5, 0.6) is 11.5 Å². The molecule has 4 N–H and O–H groups in total. The molecule has 0 bridgehead atoms. The molecule has 0 radical (unpaired) electrons. The molecule has 59 heavy (non-hydrogen) atoms. The number of nitrogens with two attached hydrogens (primary N) is 2. The molecule has 302 valence electrons. The Morgan fingerprint density at radius 1 is 0.644 bits per heavy atom. The number of aliphatic imine (C=N–C) groups is 2. The first-order valence-corrected chi connectivity index (χ1v) is 21.3. The molecule has 4 aromatic rings. The van der Waals surface area contributed by atoms with Crippen LogP contribution in [-0.2, 0) is 46.4 Å². The predicted octanol–water partition coefficient (Wildman–Crippen LogP) is 7.63. The van der Waals surface area contributed by atoms with Gasteiger partial charge in [0.15, 0.2) is 17.6 Å². The summed E-state index contributed by atoms with van der Waals surface area (Å²) in [6.07, 6.45) is 6.02. The first-order valence-electron chi connectivity index (χ1n) is 20.5. The van der Waals surface area contributed by atoms with E-state index in [9.17, 15) is 9.59 Å². The monoisotopic (exact) mass is 853 g/mol. The molecule has 6 aliphatic rings. The minimum atomic E-state index is -1.25. The summed E-state index contributed by atoms with van der Waals surface area (Å²) in [6, 6.07) is 27.9. The summed E-state index contributed by atoms with van der Waals surface area (Å²) in [5.41, 5.74) is 15.8. The van der Waals surface area contributed by atoms with Crippen LogP contribution in [0.25, 0.3) is 4.85 Å². The smallest absolute Gasteiger partial charge is 0.266 e. The number of hydrogen-bond donors (Lipinski definition) is 2. The number of hydrogen-bond acceptors (Lipinski definition) is 8.